The third kappa shape index (κ3) is 4.95. The molecule has 0 fully saturated rings. The van der Waals surface area contributed by atoms with Gasteiger partial charge in [0.1, 0.15) is 5.75 Å². The summed E-state index contributed by atoms with van der Waals surface area (Å²) in [4.78, 5) is 15.6. The summed E-state index contributed by atoms with van der Waals surface area (Å²) in [5.41, 5.74) is 0.540. The summed E-state index contributed by atoms with van der Waals surface area (Å²) in [6.45, 7) is 2.49. The Hall–Kier alpha value is -1.68. The van der Waals surface area contributed by atoms with Gasteiger partial charge in [-0.05, 0) is 24.6 Å². The maximum atomic E-state index is 12.2. The summed E-state index contributed by atoms with van der Waals surface area (Å²) in [6.07, 6.45) is -3.91. The van der Waals surface area contributed by atoms with Gasteiger partial charge >= 0.3 is 12.4 Å². The van der Waals surface area contributed by atoms with Gasteiger partial charge in [0.25, 0.3) is 0 Å². The quantitative estimate of drug-likeness (QED) is 0.802. The van der Waals surface area contributed by atoms with Gasteiger partial charge in [0.2, 0.25) is 0 Å². The number of urea groups is 1. The molecule has 0 atom stereocenters. The molecule has 0 saturated carbocycles. The molecule has 0 spiro atoms. The Labute approximate surface area is 132 Å². The zero-order valence-corrected chi connectivity index (χ0v) is 13.0. The van der Waals surface area contributed by atoms with Gasteiger partial charge < -0.3 is 10.1 Å². The van der Waals surface area contributed by atoms with Crippen LogP contribution in [0.1, 0.15) is 13.3 Å². The SMILES string of the molecule is CCCNC(=O)NSc1nc2ccc(OC(F)(F)F)cc2s1. The van der Waals surface area contributed by atoms with E-state index in [1.165, 1.54) is 29.5 Å². The number of aromatic nitrogens is 1. The van der Waals surface area contributed by atoms with Crippen molar-refractivity contribution in [3.05, 3.63) is 18.2 Å². The molecular weight excluding hydrogens is 339 g/mol. The Kier molecular flexibility index (Phi) is 5.35. The molecule has 1 aromatic carbocycles. The van der Waals surface area contributed by atoms with Crippen LogP contribution in [0.3, 0.4) is 0 Å². The van der Waals surface area contributed by atoms with Crippen molar-refractivity contribution in [3.63, 3.8) is 0 Å². The topological polar surface area (TPSA) is 63.2 Å². The van der Waals surface area contributed by atoms with Gasteiger partial charge in [0.15, 0.2) is 4.34 Å². The minimum atomic E-state index is -4.73. The lowest BCUT2D eigenvalue weighted by atomic mass is 10.3. The fourth-order valence-electron chi connectivity index (χ4n) is 1.49. The van der Waals surface area contributed by atoms with E-state index in [-0.39, 0.29) is 11.8 Å². The van der Waals surface area contributed by atoms with Crippen LogP contribution in [-0.2, 0) is 0 Å². The Bertz CT molecular complexity index is 661. The number of alkyl halides is 3. The van der Waals surface area contributed by atoms with Crippen LogP contribution in [0.5, 0.6) is 5.75 Å². The van der Waals surface area contributed by atoms with E-state index in [2.05, 4.69) is 19.8 Å². The van der Waals surface area contributed by atoms with Gasteiger partial charge in [-0.2, -0.15) is 0 Å². The van der Waals surface area contributed by atoms with Crippen LogP contribution in [0.2, 0.25) is 0 Å². The van der Waals surface area contributed by atoms with E-state index in [1.54, 1.807) is 0 Å². The van der Waals surface area contributed by atoms with Crippen molar-refractivity contribution in [1.82, 2.24) is 15.0 Å². The van der Waals surface area contributed by atoms with Crippen molar-refractivity contribution in [2.45, 2.75) is 24.0 Å². The maximum absolute atomic E-state index is 12.2. The minimum absolute atomic E-state index is 0.297. The highest BCUT2D eigenvalue weighted by Crippen LogP contribution is 2.32. The number of hydrogen-bond acceptors (Lipinski definition) is 5. The molecule has 0 bridgehead atoms. The number of nitrogens with one attached hydrogen (secondary N) is 2. The van der Waals surface area contributed by atoms with Crippen LogP contribution in [0.15, 0.2) is 22.5 Å². The lowest BCUT2D eigenvalue weighted by Gasteiger charge is -2.07. The van der Waals surface area contributed by atoms with Crippen LogP contribution < -0.4 is 14.8 Å². The number of amides is 2. The molecular formula is C12H12F3N3O2S2. The lowest BCUT2D eigenvalue weighted by Crippen LogP contribution is -2.31. The number of carbonyl (C=O) groups excluding carboxylic acids is 1. The second kappa shape index (κ2) is 7.05. The van der Waals surface area contributed by atoms with E-state index in [1.807, 2.05) is 6.92 Å². The number of ether oxygens (including phenoxy) is 1. The molecule has 2 amide bonds. The summed E-state index contributed by atoms with van der Waals surface area (Å²) >= 11 is 2.17. The van der Waals surface area contributed by atoms with E-state index >= 15 is 0 Å². The van der Waals surface area contributed by atoms with Crippen LogP contribution in [0.25, 0.3) is 10.2 Å². The summed E-state index contributed by atoms with van der Waals surface area (Å²) in [5, 5.41) is 2.63. The highest BCUT2D eigenvalue weighted by Gasteiger charge is 2.31. The zero-order valence-electron chi connectivity index (χ0n) is 11.4. The minimum Gasteiger partial charge on any atom is -0.406 e. The first-order valence-corrected chi connectivity index (χ1v) is 7.87. The molecule has 2 rings (SSSR count). The Morgan fingerprint density at radius 1 is 1.45 bits per heavy atom. The van der Waals surface area contributed by atoms with Crippen LogP contribution in [0, 0.1) is 0 Å². The smallest absolute Gasteiger partial charge is 0.406 e. The number of thiazole rings is 1. The number of carbonyl (C=O) groups is 1. The molecule has 120 valence electrons. The summed E-state index contributed by atoms with van der Waals surface area (Å²) in [7, 11) is 0. The lowest BCUT2D eigenvalue weighted by molar-refractivity contribution is -0.274. The van der Waals surface area contributed by atoms with Crippen LogP contribution >= 0.6 is 23.3 Å². The normalized spacial score (nSPS) is 11.5. The van der Waals surface area contributed by atoms with Gasteiger partial charge in [0.05, 0.1) is 10.2 Å². The molecule has 2 N–H and O–H groups in total. The number of hydrogen-bond donors (Lipinski definition) is 2. The van der Waals surface area contributed by atoms with Gasteiger partial charge in [-0.3, -0.25) is 4.72 Å². The largest absolute Gasteiger partial charge is 0.573 e. The van der Waals surface area contributed by atoms with Crippen molar-refractivity contribution in [2.24, 2.45) is 0 Å². The first kappa shape index (κ1) is 16.7. The van der Waals surface area contributed by atoms with Crippen molar-refractivity contribution in [2.75, 3.05) is 6.54 Å². The van der Waals surface area contributed by atoms with E-state index in [9.17, 15) is 18.0 Å². The molecule has 0 aliphatic carbocycles. The third-order valence-corrected chi connectivity index (χ3v) is 4.21. The molecule has 0 radical (unpaired) electrons. The van der Waals surface area contributed by atoms with Crippen molar-refractivity contribution < 1.29 is 22.7 Å². The van der Waals surface area contributed by atoms with Gasteiger partial charge in [-0.1, -0.05) is 6.92 Å². The first-order valence-electron chi connectivity index (χ1n) is 6.24. The van der Waals surface area contributed by atoms with E-state index in [0.29, 0.717) is 21.1 Å². The number of benzene rings is 1. The number of nitrogens with zero attached hydrogens (tertiary/aromatic N) is 1. The number of rotatable bonds is 5. The van der Waals surface area contributed by atoms with E-state index in [4.69, 9.17) is 0 Å². The fourth-order valence-corrected chi connectivity index (χ4v) is 3.17. The van der Waals surface area contributed by atoms with E-state index < -0.39 is 6.36 Å². The van der Waals surface area contributed by atoms with Crippen molar-refractivity contribution in [1.29, 1.82) is 0 Å². The van der Waals surface area contributed by atoms with Gasteiger partial charge in [-0.15, -0.1) is 24.5 Å². The fraction of sp³-hybridized carbons (Fsp3) is 0.333. The van der Waals surface area contributed by atoms with Crippen molar-refractivity contribution in [3.8, 4) is 5.75 Å². The first-order chi connectivity index (χ1) is 10.4. The zero-order chi connectivity index (χ0) is 16.2. The molecule has 0 aliphatic rings. The molecule has 2 aromatic rings. The van der Waals surface area contributed by atoms with Crippen LogP contribution in [0.4, 0.5) is 18.0 Å². The number of fused-ring (bicyclic) bond motifs is 1. The molecule has 22 heavy (non-hydrogen) atoms. The summed E-state index contributed by atoms with van der Waals surface area (Å²) < 4.78 is 44.0. The molecule has 0 aliphatic heterocycles. The molecule has 0 saturated heterocycles. The van der Waals surface area contributed by atoms with Gasteiger partial charge in [-0.25, -0.2) is 9.78 Å². The molecule has 10 heteroatoms. The van der Waals surface area contributed by atoms with E-state index in [0.717, 1.165) is 18.4 Å². The summed E-state index contributed by atoms with van der Waals surface area (Å²) in [5.74, 6) is -0.297. The Morgan fingerprint density at radius 3 is 2.91 bits per heavy atom. The monoisotopic (exact) mass is 351 g/mol. The predicted molar refractivity (Wildman–Crippen MR) is 79.0 cm³/mol. The predicted octanol–water partition coefficient (Wildman–Crippen LogP) is 3.91. The highest BCUT2D eigenvalue weighted by atomic mass is 32.2. The molecule has 5 nitrogen and oxygen atoms in total. The Morgan fingerprint density at radius 2 is 2.23 bits per heavy atom. The average molecular weight is 351 g/mol. The van der Waals surface area contributed by atoms with Gasteiger partial charge in [0, 0.05) is 18.5 Å². The molecule has 1 heterocycles. The second-order valence-corrected chi connectivity index (χ2v) is 6.20. The highest BCUT2D eigenvalue weighted by molar-refractivity contribution is 7.99. The van der Waals surface area contributed by atoms with Crippen LogP contribution in [-0.4, -0.2) is 23.9 Å². The average Bonchev–Trinajstić information content (AvgIpc) is 2.83. The Balaban J connectivity index is 2.02. The summed E-state index contributed by atoms with van der Waals surface area (Å²) in [6, 6.07) is 3.56. The van der Waals surface area contributed by atoms with Crippen molar-refractivity contribution >= 4 is 39.5 Å². The third-order valence-electron chi connectivity index (χ3n) is 2.34. The maximum Gasteiger partial charge on any atom is 0.573 e. The molecule has 1 aromatic heterocycles. The number of halogens is 3. The molecule has 0 unspecified atom stereocenters. The second-order valence-electron chi connectivity index (χ2n) is 4.12. The standard InChI is InChI=1S/C12H12F3N3O2S2/c1-2-5-16-10(19)18-22-11-17-8-4-3-7(6-9(8)21-11)20-12(13,14)15/h3-4,6H,2,5H2,1H3,(H2,16,18,19).